The highest BCUT2D eigenvalue weighted by Gasteiger charge is 2.28. The maximum atomic E-state index is 13.4. The molecule has 6 nitrogen and oxygen atoms in total. The molecule has 8 heteroatoms. The van der Waals surface area contributed by atoms with Gasteiger partial charge in [0.2, 0.25) is 5.91 Å². The Morgan fingerprint density at radius 1 is 1.19 bits per heavy atom. The summed E-state index contributed by atoms with van der Waals surface area (Å²) in [7, 11) is 1.55. The van der Waals surface area contributed by atoms with Gasteiger partial charge in [0.15, 0.2) is 0 Å². The Morgan fingerprint density at radius 2 is 2.00 bits per heavy atom. The number of rotatable bonds is 6. The van der Waals surface area contributed by atoms with Crippen LogP contribution in [0.2, 0.25) is 5.02 Å². The number of piperidine rings is 1. The van der Waals surface area contributed by atoms with Crippen LogP contribution < -0.4 is 15.4 Å². The molecule has 1 atom stereocenters. The van der Waals surface area contributed by atoms with Gasteiger partial charge in [0.25, 0.3) is 5.91 Å². The second-order valence-corrected chi connectivity index (χ2v) is 10.1. The minimum Gasteiger partial charge on any atom is -0.495 e. The number of thiophene rings is 1. The normalized spacial score (nSPS) is 18.7. The number of hydrogen-bond donors (Lipinski definition) is 2. The first kappa shape index (κ1) is 23.1. The Kier molecular flexibility index (Phi) is 7.38. The number of halogens is 1. The van der Waals surface area contributed by atoms with E-state index in [0.717, 1.165) is 50.6 Å². The summed E-state index contributed by atoms with van der Waals surface area (Å²) in [5.41, 5.74) is 2.15. The van der Waals surface area contributed by atoms with Crippen LogP contribution in [0, 0.1) is 0 Å². The number of benzene rings is 1. The molecule has 2 heterocycles. The van der Waals surface area contributed by atoms with Crippen molar-refractivity contribution in [3.63, 3.8) is 0 Å². The van der Waals surface area contributed by atoms with E-state index in [0.29, 0.717) is 39.6 Å². The lowest BCUT2D eigenvalue weighted by molar-refractivity contribution is -0.118. The zero-order chi connectivity index (χ0) is 22.7. The second-order valence-electron chi connectivity index (χ2n) is 8.58. The third kappa shape index (κ3) is 5.11. The molecular formula is C24H30ClN3O3S. The smallest absolute Gasteiger partial charge is 0.259 e. The van der Waals surface area contributed by atoms with Gasteiger partial charge in [-0.05, 0) is 75.8 Å². The van der Waals surface area contributed by atoms with E-state index in [1.165, 1.54) is 22.6 Å². The molecule has 2 N–H and O–H groups in total. The molecule has 0 radical (unpaired) electrons. The largest absolute Gasteiger partial charge is 0.495 e. The fourth-order valence-corrected chi connectivity index (χ4v) is 6.08. The van der Waals surface area contributed by atoms with Crippen LogP contribution in [0.15, 0.2) is 18.2 Å². The summed E-state index contributed by atoms with van der Waals surface area (Å²) >= 11 is 7.67. The van der Waals surface area contributed by atoms with Crippen LogP contribution in [0.4, 0.5) is 10.7 Å². The highest BCUT2D eigenvalue weighted by molar-refractivity contribution is 7.17. The van der Waals surface area contributed by atoms with Crippen LogP contribution in [0.3, 0.4) is 0 Å². The van der Waals surface area contributed by atoms with Crippen molar-refractivity contribution in [2.45, 2.75) is 57.9 Å². The standard InChI is InChI=1S/C24H30ClN3O3S/c1-15-7-5-6-12-28(15)14-21(29)27-24-22(17-8-3-4-9-20(17)32-24)23(30)26-18-13-16(25)10-11-19(18)31-2/h10-11,13,15H,3-9,12,14H2,1-2H3,(H,26,30)(H,27,29)/t15-/m0/s1. The van der Waals surface area contributed by atoms with Gasteiger partial charge in [0.05, 0.1) is 24.9 Å². The number of carbonyl (C=O) groups excluding carboxylic acids is 2. The van der Waals surface area contributed by atoms with Gasteiger partial charge in [0, 0.05) is 15.9 Å². The first-order valence-corrected chi connectivity index (χ1v) is 12.5. The molecule has 0 saturated carbocycles. The molecule has 0 spiro atoms. The van der Waals surface area contributed by atoms with E-state index in [4.69, 9.17) is 16.3 Å². The molecule has 1 aromatic heterocycles. The molecule has 1 fully saturated rings. The third-order valence-electron chi connectivity index (χ3n) is 6.35. The maximum Gasteiger partial charge on any atom is 0.259 e. The first-order valence-electron chi connectivity index (χ1n) is 11.3. The van der Waals surface area contributed by atoms with Crippen molar-refractivity contribution in [1.82, 2.24) is 4.90 Å². The zero-order valence-corrected chi connectivity index (χ0v) is 20.2. The summed E-state index contributed by atoms with van der Waals surface area (Å²) in [4.78, 5) is 29.7. The van der Waals surface area contributed by atoms with Crippen molar-refractivity contribution in [3.05, 3.63) is 39.2 Å². The lowest BCUT2D eigenvalue weighted by Gasteiger charge is -2.32. The number of methoxy groups -OCH3 is 1. The lowest BCUT2D eigenvalue weighted by atomic mass is 9.95. The second kappa shape index (κ2) is 10.2. The van der Waals surface area contributed by atoms with Crippen LogP contribution in [-0.4, -0.2) is 43.0 Å². The molecule has 0 bridgehead atoms. The van der Waals surface area contributed by atoms with Crippen LogP contribution in [0.1, 0.15) is 59.8 Å². The van der Waals surface area contributed by atoms with Crippen LogP contribution >= 0.6 is 22.9 Å². The summed E-state index contributed by atoms with van der Waals surface area (Å²) in [5.74, 6) is 0.231. The van der Waals surface area contributed by atoms with Crippen molar-refractivity contribution in [1.29, 1.82) is 0 Å². The van der Waals surface area contributed by atoms with Gasteiger partial charge < -0.3 is 15.4 Å². The molecule has 32 heavy (non-hydrogen) atoms. The molecule has 4 rings (SSSR count). The monoisotopic (exact) mass is 475 g/mol. The zero-order valence-electron chi connectivity index (χ0n) is 18.6. The molecule has 2 aliphatic rings. The van der Waals surface area contributed by atoms with E-state index in [1.54, 1.807) is 25.3 Å². The topological polar surface area (TPSA) is 70.7 Å². The van der Waals surface area contributed by atoms with Crippen LogP contribution in [0.5, 0.6) is 5.75 Å². The minimum absolute atomic E-state index is 0.0632. The van der Waals surface area contributed by atoms with Crippen molar-refractivity contribution in [3.8, 4) is 5.75 Å². The number of nitrogens with zero attached hydrogens (tertiary/aromatic N) is 1. The molecule has 1 aliphatic heterocycles. The Balaban J connectivity index is 1.57. The average Bonchev–Trinajstić information content (AvgIpc) is 3.13. The Bertz CT molecular complexity index is 1010. The Hall–Kier alpha value is -2.09. The molecule has 2 amide bonds. The predicted molar refractivity (Wildman–Crippen MR) is 130 cm³/mol. The number of likely N-dealkylation sites (tertiary alicyclic amines) is 1. The van der Waals surface area contributed by atoms with Crippen molar-refractivity contribution in [2.75, 3.05) is 30.8 Å². The molecule has 0 unspecified atom stereocenters. The quantitative estimate of drug-likeness (QED) is 0.590. The number of nitrogens with one attached hydrogen (secondary N) is 2. The van der Waals surface area contributed by atoms with Gasteiger partial charge in [-0.15, -0.1) is 11.3 Å². The van der Waals surface area contributed by atoms with Gasteiger partial charge in [0.1, 0.15) is 10.8 Å². The number of anilines is 2. The number of ether oxygens (including phenoxy) is 1. The first-order chi connectivity index (χ1) is 15.5. The number of aryl methyl sites for hydroxylation is 1. The summed E-state index contributed by atoms with van der Waals surface area (Å²) in [6.45, 7) is 3.47. The van der Waals surface area contributed by atoms with Crippen LogP contribution in [0.25, 0.3) is 0 Å². The molecule has 1 aliphatic carbocycles. The average molecular weight is 476 g/mol. The highest BCUT2D eigenvalue weighted by Crippen LogP contribution is 2.39. The van der Waals surface area contributed by atoms with Gasteiger partial charge >= 0.3 is 0 Å². The SMILES string of the molecule is COc1ccc(Cl)cc1NC(=O)c1c(NC(=O)CN2CCCC[C@@H]2C)sc2c1CCCC2. The van der Waals surface area contributed by atoms with Gasteiger partial charge in [-0.1, -0.05) is 18.0 Å². The van der Waals surface area contributed by atoms with Crippen molar-refractivity contribution in [2.24, 2.45) is 0 Å². The highest BCUT2D eigenvalue weighted by atomic mass is 35.5. The van der Waals surface area contributed by atoms with E-state index in [9.17, 15) is 9.59 Å². The molecule has 1 saturated heterocycles. The van der Waals surface area contributed by atoms with E-state index >= 15 is 0 Å². The summed E-state index contributed by atoms with van der Waals surface area (Å²) < 4.78 is 5.37. The van der Waals surface area contributed by atoms with Crippen molar-refractivity contribution < 1.29 is 14.3 Å². The molecule has 1 aromatic carbocycles. The summed E-state index contributed by atoms with van der Waals surface area (Å²) in [5, 5.41) is 7.17. The van der Waals surface area contributed by atoms with Gasteiger partial charge in [-0.2, -0.15) is 0 Å². The fraction of sp³-hybridized carbons (Fsp3) is 0.500. The summed E-state index contributed by atoms with van der Waals surface area (Å²) in [6.07, 6.45) is 7.41. The summed E-state index contributed by atoms with van der Waals surface area (Å²) in [6, 6.07) is 5.52. The fourth-order valence-electron chi connectivity index (χ4n) is 4.60. The van der Waals surface area contributed by atoms with Gasteiger partial charge in [-0.3, -0.25) is 14.5 Å². The number of fused-ring (bicyclic) bond motifs is 1. The Labute approximate surface area is 198 Å². The number of carbonyl (C=O) groups is 2. The van der Waals surface area contributed by atoms with Crippen molar-refractivity contribution >= 4 is 45.4 Å². The van der Waals surface area contributed by atoms with Gasteiger partial charge in [-0.25, -0.2) is 0 Å². The van der Waals surface area contributed by atoms with E-state index in [1.807, 2.05) is 0 Å². The molecular weight excluding hydrogens is 446 g/mol. The lowest BCUT2D eigenvalue weighted by Crippen LogP contribution is -2.42. The minimum atomic E-state index is -0.244. The number of hydrogen-bond acceptors (Lipinski definition) is 5. The Morgan fingerprint density at radius 3 is 2.78 bits per heavy atom. The van der Waals surface area contributed by atoms with E-state index in [-0.39, 0.29) is 11.8 Å². The number of amides is 2. The third-order valence-corrected chi connectivity index (χ3v) is 7.79. The van der Waals surface area contributed by atoms with Crippen LogP contribution in [-0.2, 0) is 17.6 Å². The van der Waals surface area contributed by atoms with E-state index in [2.05, 4.69) is 22.5 Å². The molecule has 172 valence electrons. The predicted octanol–water partition coefficient (Wildman–Crippen LogP) is 5.35. The molecule has 2 aromatic rings. The maximum absolute atomic E-state index is 13.4. The van der Waals surface area contributed by atoms with E-state index < -0.39 is 0 Å².